The summed E-state index contributed by atoms with van der Waals surface area (Å²) in [6, 6.07) is 18.3. The largest absolute Gasteiger partial charge is 0.293 e. The summed E-state index contributed by atoms with van der Waals surface area (Å²) in [6.07, 6.45) is 0. The van der Waals surface area contributed by atoms with E-state index in [-0.39, 0.29) is 11.7 Å². The molecule has 122 valence electrons. The fourth-order valence-electron chi connectivity index (χ4n) is 2.26. The zero-order valence-corrected chi connectivity index (χ0v) is 12.9. The van der Waals surface area contributed by atoms with Crippen molar-refractivity contribution in [1.29, 1.82) is 0 Å². The van der Waals surface area contributed by atoms with E-state index in [0.717, 1.165) is 5.56 Å². The number of benzene rings is 2. The average molecular weight is 332 g/mol. The van der Waals surface area contributed by atoms with E-state index in [1.807, 2.05) is 36.4 Å². The normalized spacial score (nSPS) is 10.6. The van der Waals surface area contributed by atoms with Crippen molar-refractivity contribution in [3.05, 3.63) is 66.2 Å². The van der Waals surface area contributed by atoms with Crippen LogP contribution in [0.5, 0.6) is 0 Å². The lowest BCUT2D eigenvalue weighted by Gasteiger charge is -2.11. The van der Waals surface area contributed by atoms with Crippen LogP contribution in [0.2, 0.25) is 0 Å². The summed E-state index contributed by atoms with van der Waals surface area (Å²) in [7, 11) is 0. The molecule has 0 fully saturated rings. The molecule has 0 aliphatic heterocycles. The van der Waals surface area contributed by atoms with Gasteiger partial charge in [-0.05, 0) is 22.6 Å². The van der Waals surface area contributed by atoms with Crippen LogP contribution in [0.1, 0.15) is 10.4 Å². The van der Waals surface area contributed by atoms with E-state index in [4.69, 9.17) is 0 Å². The molecule has 2 aromatic heterocycles. The monoisotopic (exact) mass is 332 g/mol. The van der Waals surface area contributed by atoms with Crippen molar-refractivity contribution in [3.63, 3.8) is 0 Å². The van der Waals surface area contributed by atoms with Crippen molar-refractivity contribution in [2.24, 2.45) is 0 Å². The molecule has 4 aromatic rings. The third kappa shape index (κ3) is 2.98. The van der Waals surface area contributed by atoms with E-state index >= 15 is 0 Å². The summed E-state index contributed by atoms with van der Waals surface area (Å²) in [4.78, 5) is 16.5. The minimum atomic E-state index is -0.291. The maximum Gasteiger partial charge on any atom is 0.293 e. The first-order valence-corrected chi connectivity index (χ1v) is 7.44. The van der Waals surface area contributed by atoms with Crippen LogP contribution in [0.25, 0.3) is 17.0 Å². The maximum atomic E-state index is 12.2. The third-order valence-corrected chi connectivity index (χ3v) is 3.45. The average Bonchev–Trinajstić information content (AvgIpc) is 3.14. The van der Waals surface area contributed by atoms with Crippen molar-refractivity contribution in [2.75, 3.05) is 5.43 Å². The number of hydrazine groups is 1. The van der Waals surface area contributed by atoms with Gasteiger partial charge in [-0.2, -0.15) is 4.98 Å². The molecule has 0 saturated heterocycles. The van der Waals surface area contributed by atoms with Gasteiger partial charge in [0.05, 0.1) is 0 Å². The van der Waals surface area contributed by atoms with Gasteiger partial charge in [0.15, 0.2) is 5.82 Å². The first-order valence-electron chi connectivity index (χ1n) is 7.44. The fourth-order valence-corrected chi connectivity index (χ4v) is 2.26. The van der Waals surface area contributed by atoms with Gasteiger partial charge in [-0.1, -0.05) is 58.3 Å². The molecule has 0 atom stereocenters. The van der Waals surface area contributed by atoms with Crippen LogP contribution in [0.15, 0.2) is 60.7 Å². The molecule has 2 N–H and O–H groups in total. The molecule has 0 spiro atoms. The molecule has 25 heavy (non-hydrogen) atoms. The van der Waals surface area contributed by atoms with Gasteiger partial charge < -0.3 is 0 Å². The number of amides is 1. The number of aromatic nitrogens is 6. The first-order chi connectivity index (χ1) is 12.3. The Hall–Kier alpha value is -3.88. The van der Waals surface area contributed by atoms with Gasteiger partial charge in [0.1, 0.15) is 5.69 Å². The minimum absolute atomic E-state index is 0.219. The molecule has 0 unspecified atom stereocenters. The van der Waals surface area contributed by atoms with Crippen LogP contribution >= 0.6 is 0 Å². The summed E-state index contributed by atoms with van der Waals surface area (Å²) in [6.45, 7) is 0. The Labute approximate surface area is 141 Å². The summed E-state index contributed by atoms with van der Waals surface area (Å²) in [5.41, 5.74) is 7.26. The van der Waals surface area contributed by atoms with E-state index in [0.29, 0.717) is 17.1 Å². The molecule has 9 nitrogen and oxygen atoms in total. The van der Waals surface area contributed by atoms with Gasteiger partial charge in [-0.3, -0.25) is 15.6 Å². The summed E-state index contributed by atoms with van der Waals surface area (Å²) < 4.78 is 1.23. The summed E-state index contributed by atoms with van der Waals surface area (Å²) in [5, 5.41) is 15.4. The standard InChI is InChI=1S/C16H12N8O/c25-15(12-9-5-2-6-10-12)19-18-14-13(11-7-3-1-4-8-11)21-24-16(17-14)20-22-23-24/h1-10H,(H,19,25)(H,17,18,20,23). The number of tetrazole rings is 1. The Kier molecular flexibility index (Phi) is 3.71. The number of fused-ring (bicyclic) bond motifs is 1. The van der Waals surface area contributed by atoms with Crippen LogP contribution < -0.4 is 10.9 Å². The predicted molar refractivity (Wildman–Crippen MR) is 89.3 cm³/mol. The predicted octanol–water partition coefficient (Wildman–Crippen LogP) is 1.34. The van der Waals surface area contributed by atoms with Crippen molar-refractivity contribution in [2.45, 2.75) is 0 Å². The number of rotatable bonds is 4. The lowest BCUT2D eigenvalue weighted by molar-refractivity contribution is 0.0962. The lowest BCUT2D eigenvalue weighted by Crippen LogP contribution is -2.30. The van der Waals surface area contributed by atoms with Crippen LogP contribution in [0.4, 0.5) is 5.82 Å². The number of nitrogens with zero attached hydrogens (tertiary/aromatic N) is 6. The molecular formula is C16H12N8O. The molecular weight excluding hydrogens is 320 g/mol. The highest BCUT2D eigenvalue weighted by Gasteiger charge is 2.14. The smallest absolute Gasteiger partial charge is 0.280 e. The van der Waals surface area contributed by atoms with E-state index in [9.17, 15) is 4.79 Å². The molecule has 0 saturated carbocycles. The topological polar surface area (TPSA) is 110 Å². The van der Waals surface area contributed by atoms with Crippen molar-refractivity contribution in [3.8, 4) is 11.3 Å². The molecule has 1 amide bonds. The van der Waals surface area contributed by atoms with E-state index in [1.165, 1.54) is 4.63 Å². The van der Waals surface area contributed by atoms with Crippen LogP contribution in [-0.4, -0.2) is 36.1 Å². The Bertz CT molecular complexity index is 1020. The number of carbonyl (C=O) groups is 1. The quantitative estimate of drug-likeness (QED) is 0.543. The van der Waals surface area contributed by atoms with Crippen LogP contribution in [0, 0.1) is 0 Å². The molecule has 0 bridgehead atoms. The second-order valence-electron chi connectivity index (χ2n) is 5.09. The minimum Gasteiger partial charge on any atom is -0.280 e. The van der Waals surface area contributed by atoms with Crippen molar-refractivity contribution in [1.82, 2.24) is 35.7 Å². The third-order valence-electron chi connectivity index (χ3n) is 3.45. The van der Waals surface area contributed by atoms with Gasteiger partial charge in [0, 0.05) is 11.1 Å². The molecule has 2 heterocycles. The summed E-state index contributed by atoms with van der Waals surface area (Å²) >= 11 is 0. The molecule has 0 aliphatic carbocycles. The van der Waals surface area contributed by atoms with Gasteiger partial charge in [-0.25, -0.2) is 0 Å². The van der Waals surface area contributed by atoms with E-state index in [1.54, 1.807) is 24.3 Å². The molecule has 2 aromatic carbocycles. The van der Waals surface area contributed by atoms with E-state index in [2.05, 4.69) is 36.5 Å². The number of hydrogen-bond acceptors (Lipinski definition) is 7. The van der Waals surface area contributed by atoms with Gasteiger partial charge >= 0.3 is 0 Å². The van der Waals surface area contributed by atoms with Gasteiger partial charge in [0.2, 0.25) is 0 Å². The Morgan fingerprint density at radius 1 is 0.960 bits per heavy atom. The zero-order valence-electron chi connectivity index (χ0n) is 12.9. The number of hydrogen-bond donors (Lipinski definition) is 2. The van der Waals surface area contributed by atoms with Crippen LogP contribution in [0.3, 0.4) is 0 Å². The van der Waals surface area contributed by atoms with Crippen molar-refractivity contribution >= 4 is 17.5 Å². The number of carbonyl (C=O) groups excluding carboxylic acids is 1. The summed E-state index contributed by atoms with van der Waals surface area (Å²) in [5.74, 6) is 0.273. The molecule has 9 heteroatoms. The Balaban J connectivity index is 1.67. The van der Waals surface area contributed by atoms with Gasteiger partial charge in [-0.15, -0.1) is 5.10 Å². The highest BCUT2D eigenvalue weighted by Crippen LogP contribution is 2.23. The molecule has 4 rings (SSSR count). The van der Waals surface area contributed by atoms with E-state index < -0.39 is 0 Å². The Morgan fingerprint density at radius 3 is 2.44 bits per heavy atom. The first kappa shape index (κ1) is 14.7. The zero-order chi connectivity index (χ0) is 17.1. The Morgan fingerprint density at radius 2 is 1.68 bits per heavy atom. The number of anilines is 1. The lowest BCUT2D eigenvalue weighted by atomic mass is 10.1. The maximum absolute atomic E-state index is 12.2. The highest BCUT2D eigenvalue weighted by atomic mass is 16.2. The van der Waals surface area contributed by atoms with Crippen molar-refractivity contribution < 1.29 is 4.79 Å². The number of nitrogens with one attached hydrogen (secondary N) is 2. The molecule has 0 radical (unpaired) electrons. The molecule has 0 aliphatic rings. The van der Waals surface area contributed by atoms with Crippen LogP contribution in [-0.2, 0) is 0 Å². The fraction of sp³-hybridized carbons (Fsp3) is 0. The SMILES string of the molecule is O=C(NNc1nc2nnnn2nc1-c1ccccc1)c1ccccc1. The second kappa shape index (κ2) is 6.32. The second-order valence-corrected chi connectivity index (χ2v) is 5.09. The van der Waals surface area contributed by atoms with Gasteiger partial charge in [0.25, 0.3) is 11.7 Å². The highest BCUT2D eigenvalue weighted by molar-refractivity contribution is 5.95.